The summed E-state index contributed by atoms with van der Waals surface area (Å²) >= 11 is 0. The number of amides is 1. The smallest absolute Gasteiger partial charge is 0.225 e. The van der Waals surface area contributed by atoms with Crippen LogP contribution in [-0.2, 0) is 4.79 Å². The van der Waals surface area contributed by atoms with Crippen LogP contribution in [0.3, 0.4) is 0 Å². The summed E-state index contributed by atoms with van der Waals surface area (Å²) in [6.45, 7) is 7.31. The average Bonchev–Trinajstić information content (AvgIpc) is 2.20. The fourth-order valence-corrected chi connectivity index (χ4v) is 1.84. The minimum atomic E-state index is 0.208. The van der Waals surface area contributed by atoms with Gasteiger partial charge in [0.15, 0.2) is 0 Å². The van der Waals surface area contributed by atoms with Gasteiger partial charge in [0.2, 0.25) is 5.91 Å². The van der Waals surface area contributed by atoms with Gasteiger partial charge in [-0.2, -0.15) is 0 Å². The van der Waals surface area contributed by atoms with E-state index in [1.807, 2.05) is 4.90 Å². The number of carbonyl (C=O) groups is 1. The Bertz CT molecular complexity index is 184. The van der Waals surface area contributed by atoms with Gasteiger partial charge in [0.25, 0.3) is 0 Å². The van der Waals surface area contributed by atoms with Gasteiger partial charge in [-0.25, -0.2) is 5.01 Å². The molecular formula is C10H21N3O. The number of nitrogens with two attached hydrogens (primary N) is 1. The highest BCUT2D eigenvalue weighted by Gasteiger charge is 2.24. The van der Waals surface area contributed by atoms with Crippen molar-refractivity contribution in [2.24, 2.45) is 11.8 Å². The Kier molecular flexibility index (Phi) is 4.35. The monoisotopic (exact) mass is 199 g/mol. The Labute approximate surface area is 86.0 Å². The highest BCUT2D eigenvalue weighted by atomic mass is 16.2. The molecule has 1 fully saturated rings. The third kappa shape index (κ3) is 2.69. The number of hydrazine groups is 1. The Balaban J connectivity index is 2.44. The molecule has 0 radical (unpaired) electrons. The van der Waals surface area contributed by atoms with Gasteiger partial charge in [-0.1, -0.05) is 13.8 Å². The van der Waals surface area contributed by atoms with Crippen molar-refractivity contribution < 1.29 is 4.79 Å². The third-order valence-corrected chi connectivity index (χ3v) is 2.96. The van der Waals surface area contributed by atoms with E-state index in [9.17, 15) is 4.79 Å². The number of carbonyl (C=O) groups excluding carboxylic acids is 1. The molecule has 0 atom stereocenters. The summed E-state index contributed by atoms with van der Waals surface area (Å²) in [5, 5.41) is 1.77. The van der Waals surface area contributed by atoms with E-state index in [4.69, 9.17) is 5.84 Å². The summed E-state index contributed by atoms with van der Waals surface area (Å²) < 4.78 is 0. The largest absolute Gasteiger partial charge is 0.340 e. The summed E-state index contributed by atoms with van der Waals surface area (Å²) in [6, 6.07) is 0. The van der Waals surface area contributed by atoms with Crippen LogP contribution in [0.4, 0.5) is 0 Å². The van der Waals surface area contributed by atoms with E-state index in [1.165, 1.54) is 0 Å². The van der Waals surface area contributed by atoms with Gasteiger partial charge in [-0.05, 0) is 12.8 Å². The molecule has 1 saturated heterocycles. The van der Waals surface area contributed by atoms with Gasteiger partial charge in [0.1, 0.15) is 0 Å². The summed E-state index contributed by atoms with van der Waals surface area (Å²) in [7, 11) is 0. The molecule has 0 aromatic heterocycles. The third-order valence-electron chi connectivity index (χ3n) is 2.96. The lowest BCUT2D eigenvalue weighted by molar-refractivity contribution is -0.137. The Morgan fingerprint density at radius 2 is 1.71 bits per heavy atom. The van der Waals surface area contributed by atoms with Crippen molar-refractivity contribution in [1.82, 2.24) is 9.91 Å². The van der Waals surface area contributed by atoms with Crippen LogP contribution in [0.5, 0.6) is 0 Å². The highest BCUT2D eigenvalue weighted by Crippen LogP contribution is 2.12. The number of rotatable bonds is 3. The zero-order valence-electron chi connectivity index (χ0n) is 9.20. The Hall–Kier alpha value is -0.610. The van der Waals surface area contributed by atoms with E-state index < -0.39 is 0 Å². The average molecular weight is 199 g/mol. The molecule has 0 bridgehead atoms. The number of hydrogen-bond donors (Lipinski definition) is 1. The lowest BCUT2D eigenvalue weighted by atomic mass is 10.0. The minimum Gasteiger partial charge on any atom is -0.340 e. The predicted molar refractivity (Wildman–Crippen MR) is 56.4 cm³/mol. The van der Waals surface area contributed by atoms with Gasteiger partial charge < -0.3 is 4.90 Å². The standard InChI is InChI=1S/C10H21N3O/c1-3-9(4-2)10(14)12-5-7-13(11)8-6-12/h9H,3-8,11H2,1-2H3. The molecule has 0 aliphatic carbocycles. The first-order valence-corrected chi connectivity index (χ1v) is 5.47. The summed E-state index contributed by atoms with van der Waals surface area (Å²) in [4.78, 5) is 13.9. The van der Waals surface area contributed by atoms with Crippen molar-refractivity contribution in [3.05, 3.63) is 0 Å². The summed E-state index contributed by atoms with van der Waals surface area (Å²) in [5.74, 6) is 6.15. The van der Waals surface area contributed by atoms with E-state index in [-0.39, 0.29) is 5.92 Å². The molecular weight excluding hydrogens is 178 g/mol. The summed E-state index contributed by atoms with van der Waals surface area (Å²) in [5.41, 5.74) is 0. The quantitative estimate of drug-likeness (QED) is 0.671. The second kappa shape index (κ2) is 5.32. The zero-order valence-corrected chi connectivity index (χ0v) is 9.20. The van der Waals surface area contributed by atoms with Gasteiger partial charge in [0, 0.05) is 32.1 Å². The summed E-state index contributed by atoms with van der Waals surface area (Å²) in [6.07, 6.45) is 1.89. The zero-order chi connectivity index (χ0) is 10.6. The van der Waals surface area contributed by atoms with Crippen molar-refractivity contribution in [3.8, 4) is 0 Å². The first-order valence-electron chi connectivity index (χ1n) is 5.47. The molecule has 1 aliphatic rings. The molecule has 1 aliphatic heterocycles. The van der Waals surface area contributed by atoms with Crippen molar-refractivity contribution in [2.45, 2.75) is 26.7 Å². The molecule has 0 aromatic carbocycles. The SMILES string of the molecule is CCC(CC)C(=O)N1CCN(N)CC1. The van der Waals surface area contributed by atoms with Crippen molar-refractivity contribution >= 4 is 5.91 Å². The molecule has 14 heavy (non-hydrogen) atoms. The van der Waals surface area contributed by atoms with E-state index in [0.29, 0.717) is 5.91 Å². The molecule has 0 aromatic rings. The number of hydrogen-bond acceptors (Lipinski definition) is 3. The first-order chi connectivity index (χ1) is 6.69. The topological polar surface area (TPSA) is 49.6 Å². The molecule has 2 N–H and O–H groups in total. The van der Waals surface area contributed by atoms with Crippen LogP contribution in [0.25, 0.3) is 0 Å². The Morgan fingerprint density at radius 1 is 1.21 bits per heavy atom. The van der Waals surface area contributed by atoms with E-state index in [0.717, 1.165) is 39.0 Å². The van der Waals surface area contributed by atoms with Gasteiger partial charge in [-0.15, -0.1) is 0 Å². The minimum absolute atomic E-state index is 0.208. The van der Waals surface area contributed by atoms with Crippen LogP contribution in [0.2, 0.25) is 0 Å². The maximum atomic E-state index is 11.9. The molecule has 82 valence electrons. The van der Waals surface area contributed by atoms with Crippen LogP contribution >= 0.6 is 0 Å². The molecule has 0 saturated carbocycles. The second-order valence-corrected chi connectivity index (χ2v) is 3.87. The van der Waals surface area contributed by atoms with Crippen LogP contribution in [0.15, 0.2) is 0 Å². The van der Waals surface area contributed by atoms with Crippen molar-refractivity contribution in [2.75, 3.05) is 26.2 Å². The van der Waals surface area contributed by atoms with Gasteiger partial charge >= 0.3 is 0 Å². The van der Waals surface area contributed by atoms with E-state index in [1.54, 1.807) is 5.01 Å². The maximum Gasteiger partial charge on any atom is 0.225 e. The van der Waals surface area contributed by atoms with Crippen molar-refractivity contribution in [1.29, 1.82) is 0 Å². The number of piperazine rings is 1. The van der Waals surface area contributed by atoms with Crippen LogP contribution in [0, 0.1) is 5.92 Å². The van der Waals surface area contributed by atoms with E-state index >= 15 is 0 Å². The molecule has 1 rings (SSSR count). The normalized spacial score (nSPS) is 19.0. The van der Waals surface area contributed by atoms with Gasteiger partial charge in [-0.3, -0.25) is 10.6 Å². The van der Waals surface area contributed by atoms with Crippen LogP contribution < -0.4 is 5.84 Å². The molecule has 4 heteroatoms. The highest BCUT2D eigenvalue weighted by molar-refractivity contribution is 5.78. The lowest BCUT2D eigenvalue weighted by Gasteiger charge is -2.34. The first kappa shape index (κ1) is 11.5. The fraction of sp³-hybridized carbons (Fsp3) is 0.900. The second-order valence-electron chi connectivity index (χ2n) is 3.87. The maximum absolute atomic E-state index is 11.9. The lowest BCUT2D eigenvalue weighted by Crippen LogP contribution is -2.52. The van der Waals surface area contributed by atoms with Crippen molar-refractivity contribution in [3.63, 3.8) is 0 Å². The molecule has 4 nitrogen and oxygen atoms in total. The molecule has 1 amide bonds. The Morgan fingerprint density at radius 3 is 2.14 bits per heavy atom. The van der Waals surface area contributed by atoms with E-state index in [2.05, 4.69) is 13.8 Å². The molecule has 0 unspecified atom stereocenters. The fourth-order valence-electron chi connectivity index (χ4n) is 1.84. The molecule has 1 heterocycles. The number of nitrogens with zero attached hydrogens (tertiary/aromatic N) is 2. The van der Waals surface area contributed by atoms with Gasteiger partial charge in [0.05, 0.1) is 0 Å². The molecule has 0 spiro atoms. The predicted octanol–water partition coefficient (Wildman–Crippen LogP) is 0.441. The van der Waals surface area contributed by atoms with Crippen LogP contribution in [0.1, 0.15) is 26.7 Å². The van der Waals surface area contributed by atoms with Crippen LogP contribution in [-0.4, -0.2) is 42.0 Å².